The zero-order valence-corrected chi connectivity index (χ0v) is 13.3. The summed E-state index contributed by atoms with van der Waals surface area (Å²) in [5, 5.41) is 18.1. The van der Waals surface area contributed by atoms with Gasteiger partial charge in [-0.2, -0.15) is 0 Å². The molecule has 22 heavy (non-hydrogen) atoms. The Labute approximate surface area is 130 Å². The number of aromatic carboxylic acids is 1. The lowest BCUT2D eigenvalue weighted by Gasteiger charge is -2.20. The summed E-state index contributed by atoms with van der Waals surface area (Å²) >= 11 is 0. The number of nitrogens with zero attached hydrogens (tertiary/aromatic N) is 4. The summed E-state index contributed by atoms with van der Waals surface area (Å²) < 4.78 is 0. The predicted molar refractivity (Wildman–Crippen MR) is 85.9 cm³/mol. The van der Waals surface area contributed by atoms with E-state index in [1.165, 1.54) is 4.80 Å². The molecule has 1 aromatic carbocycles. The lowest BCUT2D eigenvalue weighted by atomic mass is 10.2. The van der Waals surface area contributed by atoms with Gasteiger partial charge < -0.3 is 10.0 Å². The van der Waals surface area contributed by atoms with Gasteiger partial charge in [0.15, 0.2) is 5.82 Å². The molecule has 1 heterocycles. The molecule has 0 atom stereocenters. The van der Waals surface area contributed by atoms with Crippen LogP contribution in [0, 0.1) is 6.92 Å². The van der Waals surface area contributed by atoms with E-state index in [0.717, 1.165) is 37.2 Å². The summed E-state index contributed by atoms with van der Waals surface area (Å²) in [6.07, 6.45) is 1.85. The van der Waals surface area contributed by atoms with Crippen molar-refractivity contribution >= 4 is 11.8 Å². The minimum atomic E-state index is -1.05. The lowest BCUT2D eigenvalue weighted by Crippen LogP contribution is -2.27. The van der Waals surface area contributed by atoms with E-state index >= 15 is 0 Å². The predicted octanol–water partition coefficient (Wildman–Crippen LogP) is 2.90. The van der Waals surface area contributed by atoms with Crippen molar-refractivity contribution in [3.63, 3.8) is 0 Å². The smallest absolute Gasteiger partial charge is 0.360 e. The highest BCUT2D eigenvalue weighted by atomic mass is 16.4. The highest BCUT2D eigenvalue weighted by molar-refractivity contribution is 5.91. The molecular weight excluding hydrogens is 280 g/mol. The topological polar surface area (TPSA) is 71.2 Å². The number of aryl methyl sites for hydroxylation is 1. The largest absolute Gasteiger partial charge is 0.476 e. The van der Waals surface area contributed by atoms with Crippen molar-refractivity contribution in [3.05, 3.63) is 35.5 Å². The molecular formula is C16H22N4O2. The van der Waals surface area contributed by atoms with Gasteiger partial charge in [0.1, 0.15) is 0 Å². The summed E-state index contributed by atoms with van der Waals surface area (Å²) in [6, 6.07) is 7.66. The van der Waals surface area contributed by atoms with Crippen LogP contribution in [-0.2, 0) is 0 Å². The molecule has 0 aliphatic rings. The zero-order valence-electron chi connectivity index (χ0n) is 13.3. The van der Waals surface area contributed by atoms with Crippen molar-refractivity contribution in [1.29, 1.82) is 0 Å². The van der Waals surface area contributed by atoms with Crippen molar-refractivity contribution in [2.24, 2.45) is 0 Å². The quantitative estimate of drug-likeness (QED) is 0.851. The van der Waals surface area contributed by atoms with E-state index in [9.17, 15) is 9.90 Å². The Morgan fingerprint density at radius 1 is 1.18 bits per heavy atom. The molecule has 6 nitrogen and oxygen atoms in total. The fraction of sp³-hybridized carbons (Fsp3) is 0.438. The number of aromatic nitrogens is 3. The number of para-hydroxylation sites is 1. The van der Waals surface area contributed by atoms with Crippen LogP contribution in [-0.4, -0.2) is 39.2 Å². The molecule has 0 saturated heterocycles. The van der Waals surface area contributed by atoms with Crippen molar-refractivity contribution in [1.82, 2.24) is 15.0 Å². The summed E-state index contributed by atoms with van der Waals surface area (Å²) in [6.45, 7) is 7.61. The number of hydrogen-bond acceptors (Lipinski definition) is 4. The van der Waals surface area contributed by atoms with E-state index in [1.807, 2.05) is 36.1 Å². The third-order valence-electron chi connectivity index (χ3n) is 3.42. The third-order valence-corrected chi connectivity index (χ3v) is 3.42. The first kappa shape index (κ1) is 16.0. The van der Waals surface area contributed by atoms with E-state index in [0.29, 0.717) is 5.82 Å². The molecule has 0 fully saturated rings. The van der Waals surface area contributed by atoms with Gasteiger partial charge >= 0.3 is 5.97 Å². The molecule has 0 aliphatic carbocycles. The van der Waals surface area contributed by atoms with Crippen LogP contribution in [0.25, 0.3) is 5.69 Å². The van der Waals surface area contributed by atoms with Crippen molar-refractivity contribution in [2.45, 2.75) is 33.6 Å². The fourth-order valence-electron chi connectivity index (χ4n) is 2.41. The van der Waals surface area contributed by atoms with Gasteiger partial charge in [0.25, 0.3) is 0 Å². The molecule has 1 N–H and O–H groups in total. The van der Waals surface area contributed by atoms with E-state index in [4.69, 9.17) is 0 Å². The Balaban J connectivity index is 2.50. The summed E-state index contributed by atoms with van der Waals surface area (Å²) in [4.78, 5) is 14.9. The Morgan fingerprint density at radius 3 is 2.36 bits per heavy atom. The molecule has 0 unspecified atom stereocenters. The molecule has 6 heteroatoms. The van der Waals surface area contributed by atoms with Crippen LogP contribution in [0.1, 0.15) is 42.7 Å². The first-order valence-electron chi connectivity index (χ1n) is 7.60. The van der Waals surface area contributed by atoms with Crippen LogP contribution in [0.4, 0.5) is 5.82 Å². The second kappa shape index (κ2) is 7.06. The lowest BCUT2D eigenvalue weighted by molar-refractivity contribution is 0.0690. The maximum absolute atomic E-state index is 11.5. The van der Waals surface area contributed by atoms with Crippen molar-refractivity contribution < 1.29 is 9.90 Å². The SMILES string of the molecule is CCCN(CCC)c1nn(-c2ccccc2C)nc1C(=O)O. The number of carboxylic acid groups (broad SMARTS) is 1. The van der Waals surface area contributed by atoms with E-state index in [-0.39, 0.29) is 5.69 Å². The average molecular weight is 302 g/mol. The number of benzene rings is 1. The minimum absolute atomic E-state index is 0.00477. The molecule has 0 radical (unpaired) electrons. The summed E-state index contributed by atoms with van der Waals surface area (Å²) in [7, 11) is 0. The monoisotopic (exact) mass is 302 g/mol. The number of rotatable bonds is 7. The van der Waals surface area contributed by atoms with Gasteiger partial charge in [0.05, 0.1) is 5.69 Å². The Kier molecular flexibility index (Phi) is 5.14. The summed E-state index contributed by atoms with van der Waals surface area (Å²) in [5.74, 6) is -0.605. The van der Waals surface area contributed by atoms with Crippen molar-refractivity contribution in [2.75, 3.05) is 18.0 Å². The molecule has 0 aliphatic heterocycles. The maximum Gasteiger partial charge on any atom is 0.360 e. The Hall–Kier alpha value is -2.37. The molecule has 2 aromatic rings. The highest BCUT2D eigenvalue weighted by Crippen LogP contribution is 2.20. The highest BCUT2D eigenvalue weighted by Gasteiger charge is 2.23. The van der Waals surface area contributed by atoms with Crippen LogP contribution >= 0.6 is 0 Å². The van der Waals surface area contributed by atoms with E-state index in [1.54, 1.807) is 0 Å². The van der Waals surface area contributed by atoms with E-state index < -0.39 is 5.97 Å². The van der Waals surface area contributed by atoms with Gasteiger partial charge in [0.2, 0.25) is 5.69 Å². The average Bonchev–Trinajstić information content (AvgIpc) is 2.92. The van der Waals surface area contributed by atoms with Crippen LogP contribution in [0.3, 0.4) is 0 Å². The Morgan fingerprint density at radius 2 is 1.82 bits per heavy atom. The van der Waals surface area contributed by atoms with Crippen LogP contribution in [0.2, 0.25) is 0 Å². The van der Waals surface area contributed by atoms with E-state index in [2.05, 4.69) is 24.0 Å². The first-order valence-corrected chi connectivity index (χ1v) is 7.60. The normalized spacial score (nSPS) is 10.7. The van der Waals surface area contributed by atoms with Gasteiger partial charge in [-0.05, 0) is 31.4 Å². The van der Waals surface area contributed by atoms with Gasteiger partial charge in [0, 0.05) is 13.1 Å². The van der Waals surface area contributed by atoms with Gasteiger partial charge in [-0.15, -0.1) is 15.0 Å². The number of anilines is 1. The van der Waals surface area contributed by atoms with Gasteiger partial charge in [-0.25, -0.2) is 4.79 Å². The molecule has 0 spiro atoms. The Bertz CT molecular complexity index is 645. The fourth-order valence-corrected chi connectivity index (χ4v) is 2.41. The number of carbonyl (C=O) groups is 1. The number of hydrogen-bond donors (Lipinski definition) is 1. The van der Waals surface area contributed by atoms with Crippen LogP contribution in [0.15, 0.2) is 24.3 Å². The van der Waals surface area contributed by atoms with Gasteiger partial charge in [-0.3, -0.25) is 0 Å². The first-order chi connectivity index (χ1) is 10.6. The number of carboxylic acids is 1. The molecule has 118 valence electrons. The second-order valence-electron chi connectivity index (χ2n) is 5.24. The van der Waals surface area contributed by atoms with Crippen LogP contribution < -0.4 is 4.90 Å². The zero-order chi connectivity index (χ0) is 16.1. The van der Waals surface area contributed by atoms with Gasteiger partial charge in [-0.1, -0.05) is 32.0 Å². The second-order valence-corrected chi connectivity index (χ2v) is 5.24. The summed E-state index contributed by atoms with van der Waals surface area (Å²) in [5.41, 5.74) is 1.80. The molecule has 0 amide bonds. The molecule has 0 bridgehead atoms. The van der Waals surface area contributed by atoms with Crippen molar-refractivity contribution in [3.8, 4) is 5.69 Å². The standard InChI is InChI=1S/C16H22N4O2/c1-4-10-19(11-5-2)15-14(16(21)22)17-20(18-15)13-9-7-6-8-12(13)3/h6-9H,4-5,10-11H2,1-3H3,(H,21,22). The van der Waals surface area contributed by atoms with Crippen LogP contribution in [0.5, 0.6) is 0 Å². The molecule has 0 saturated carbocycles. The maximum atomic E-state index is 11.5. The minimum Gasteiger partial charge on any atom is -0.476 e. The third kappa shape index (κ3) is 3.27. The molecule has 2 rings (SSSR count). The molecule has 1 aromatic heterocycles.